The minimum atomic E-state index is -0.215. The second-order valence-electron chi connectivity index (χ2n) is 5.30. The molecule has 1 aromatic carbocycles. The fraction of sp³-hybridized carbons (Fsp3) is 0.235. The molecule has 0 atom stereocenters. The van der Waals surface area contributed by atoms with Crippen molar-refractivity contribution in [2.24, 2.45) is 0 Å². The first kappa shape index (κ1) is 16.2. The number of hydrogen-bond donors (Lipinski definition) is 1. The average Bonchev–Trinajstić information content (AvgIpc) is 3.07. The Labute approximate surface area is 145 Å². The van der Waals surface area contributed by atoms with Crippen molar-refractivity contribution in [2.75, 3.05) is 12.0 Å². The van der Waals surface area contributed by atoms with Crippen molar-refractivity contribution >= 4 is 35.0 Å². The smallest absolute Gasteiger partial charge is 0.281 e. The number of nitrogens with one attached hydrogen (secondary N) is 1. The highest BCUT2D eigenvalue weighted by Gasteiger charge is 2.33. The molecule has 1 aromatic heterocycles. The fourth-order valence-electron chi connectivity index (χ4n) is 2.65. The van der Waals surface area contributed by atoms with Gasteiger partial charge in [0.05, 0.1) is 19.0 Å². The van der Waals surface area contributed by atoms with Gasteiger partial charge in [-0.05, 0) is 44.3 Å². The summed E-state index contributed by atoms with van der Waals surface area (Å²) in [6.45, 7) is 4.77. The molecule has 0 radical (unpaired) electrons. The van der Waals surface area contributed by atoms with E-state index in [1.165, 1.54) is 4.90 Å². The van der Waals surface area contributed by atoms with Crippen LogP contribution in [-0.4, -0.2) is 27.9 Å². The highest BCUT2D eigenvalue weighted by molar-refractivity contribution is 7.80. The second-order valence-corrected chi connectivity index (χ2v) is 5.69. The van der Waals surface area contributed by atoms with Gasteiger partial charge >= 0.3 is 0 Å². The van der Waals surface area contributed by atoms with E-state index in [4.69, 9.17) is 17.0 Å². The Morgan fingerprint density at radius 3 is 2.79 bits per heavy atom. The number of amides is 1. The maximum Gasteiger partial charge on any atom is 0.281 e. The zero-order valence-corrected chi connectivity index (χ0v) is 14.6. The van der Waals surface area contributed by atoms with Gasteiger partial charge < -0.3 is 10.1 Å². The van der Waals surface area contributed by atoms with Crippen LogP contribution in [0.2, 0.25) is 0 Å². The number of carbonyl (C=O) groups is 1. The first-order chi connectivity index (χ1) is 11.6. The first-order valence-electron chi connectivity index (χ1n) is 7.59. The highest BCUT2D eigenvalue weighted by atomic mass is 32.1. The molecule has 0 aliphatic carbocycles. The minimum absolute atomic E-state index is 0.215. The van der Waals surface area contributed by atoms with Crippen molar-refractivity contribution in [1.29, 1.82) is 0 Å². The van der Waals surface area contributed by atoms with Gasteiger partial charge in [-0.25, -0.2) is 4.90 Å². The van der Waals surface area contributed by atoms with Crippen LogP contribution in [0.4, 0.5) is 5.69 Å². The second kappa shape index (κ2) is 6.45. The molecule has 2 heterocycles. The number of thiocarbonyl (C=S) groups is 1. The number of hydrogen-bond acceptors (Lipinski definition) is 4. The normalized spacial score (nSPS) is 16.0. The Bertz CT molecular complexity index is 841. The fourth-order valence-corrected chi connectivity index (χ4v) is 2.94. The Morgan fingerprint density at radius 2 is 2.12 bits per heavy atom. The quantitative estimate of drug-likeness (QED) is 0.683. The van der Waals surface area contributed by atoms with Gasteiger partial charge in [0.25, 0.3) is 5.91 Å². The summed E-state index contributed by atoms with van der Waals surface area (Å²) < 4.78 is 7.21. The van der Waals surface area contributed by atoms with Gasteiger partial charge in [0.2, 0.25) is 0 Å². The Kier molecular flexibility index (Phi) is 4.35. The van der Waals surface area contributed by atoms with Gasteiger partial charge in [0, 0.05) is 17.8 Å². The SMILES string of the molecule is CCn1ncc(/C=C2/NC(=S)N(c3ccccc3OC)C2=O)c1C. The zero-order chi connectivity index (χ0) is 17.3. The summed E-state index contributed by atoms with van der Waals surface area (Å²) >= 11 is 5.34. The molecule has 6 nitrogen and oxygen atoms in total. The van der Waals surface area contributed by atoms with Crippen molar-refractivity contribution in [3.8, 4) is 5.75 Å². The minimum Gasteiger partial charge on any atom is -0.495 e. The van der Waals surface area contributed by atoms with Crippen LogP contribution in [0.5, 0.6) is 5.75 Å². The summed E-state index contributed by atoms with van der Waals surface area (Å²) in [5, 5.41) is 7.60. The lowest BCUT2D eigenvalue weighted by Crippen LogP contribution is -2.30. The lowest BCUT2D eigenvalue weighted by molar-refractivity contribution is -0.113. The van der Waals surface area contributed by atoms with E-state index in [1.807, 2.05) is 30.7 Å². The molecule has 1 amide bonds. The molecule has 0 spiro atoms. The largest absolute Gasteiger partial charge is 0.495 e. The van der Waals surface area contributed by atoms with E-state index in [0.29, 0.717) is 22.2 Å². The van der Waals surface area contributed by atoms with Crippen molar-refractivity contribution < 1.29 is 9.53 Å². The Balaban J connectivity index is 1.97. The van der Waals surface area contributed by atoms with E-state index < -0.39 is 0 Å². The average molecular weight is 342 g/mol. The monoisotopic (exact) mass is 342 g/mol. The molecule has 1 aliphatic rings. The molecular formula is C17H18N4O2S. The molecule has 0 unspecified atom stereocenters. The number of rotatable bonds is 4. The van der Waals surface area contributed by atoms with E-state index in [-0.39, 0.29) is 5.91 Å². The number of ether oxygens (including phenoxy) is 1. The molecule has 0 bridgehead atoms. The number of carbonyl (C=O) groups excluding carboxylic acids is 1. The number of aromatic nitrogens is 2. The van der Waals surface area contributed by atoms with Crippen LogP contribution in [0.1, 0.15) is 18.2 Å². The van der Waals surface area contributed by atoms with E-state index in [2.05, 4.69) is 10.4 Å². The van der Waals surface area contributed by atoms with Gasteiger partial charge in [-0.3, -0.25) is 9.48 Å². The third-order valence-electron chi connectivity index (χ3n) is 3.94. The summed E-state index contributed by atoms with van der Waals surface area (Å²) in [5.74, 6) is 0.374. The van der Waals surface area contributed by atoms with Gasteiger partial charge in [-0.15, -0.1) is 0 Å². The summed E-state index contributed by atoms with van der Waals surface area (Å²) in [7, 11) is 1.56. The predicted octanol–water partition coefficient (Wildman–Crippen LogP) is 2.48. The molecule has 0 saturated carbocycles. The summed E-state index contributed by atoms with van der Waals surface area (Å²) in [6.07, 6.45) is 3.52. The van der Waals surface area contributed by atoms with Gasteiger partial charge in [-0.1, -0.05) is 12.1 Å². The number of methoxy groups -OCH3 is 1. The number of anilines is 1. The molecular weight excluding hydrogens is 324 g/mol. The predicted molar refractivity (Wildman–Crippen MR) is 96.8 cm³/mol. The molecule has 1 fully saturated rings. The van der Waals surface area contributed by atoms with Crippen molar-refractivity contribution in [2.45, 2.75) is 20.4 Å². The molecule has 2 aromatic rings. The molecule has 7 heteroatoms. The van der Waals surface area contributed by atoms with Crippen LogP contribution in [0, 0.1) is 6.92 Å². The van der Waals surface area contributed by atoms with Crippen LogP contribution in [0.3, 0.4) is 0 Å². The Hall–Kier alpha value is -2.67. The van der Waals surface area contributed by atoms with E-state index >= 15 is 0 Å². The first-order valence-corrected chi connectivity index (χ1v) is 8.00. The lowest BCUT2D eigenvalue weighted by atomic mass is 10.2. The maximum absolute atomic E-state index is 12.8. The molecule has 124 valence electrons. The molecule has 1 aliphatic heterocycles. The van der Waals surface area contributed by atoms with Crippen molar-refractivity contribution in [3.05, 3.63) is 47.4 Å². The third-order valence-corrected chi connectivity index (χ3v) is 4.23. The van der Waals surface area contributed by atoms with Gasteiger partial charge in [0.15, 0.2) is 5.11 Å². The molecule has 3 rings (SSSR count). The number of aryl methyl sites for hydroxylation is 1. The van der Waals surface area contributed by atoms with Gasteiger partial charge in [0.1, 0.15) is 11.4 Å². The molecule has 24 heavy (non-hydrogen) atoms. The lowest BCUT2D eigenvalue weighted by Gasteiger charge is -2.17. The van der Waals surface area contributed by atoms with Crippen LogP contribution in [0.25, 0.3) is 6.08 Å². The molecule has 1 saturated heterocycles. The zero-order valence-electron chi connectivity index (χ0n) is 13.7. The molecule has 1 N–H and O–H groups in total. The standard InChI is InChI=1S/C17H18N4O2S/c1-4-20-11(2)12(10-18-20)9-13-16(22)21(17(24)19-13)14-7-5-6-8-15(14)23-3/h5-10H,4H2,1-3H3,(H,19,24)/b13-9+. The van der Waals surface area contributed by atoms with Crippen molar-refractivity contribution in [3.63, 3.8) is 0 Å². The summed E-state index contributed by atoms with van der Waals surface area (Å²) in [6, 6.07) is 7.28. The highest BCUT2D eigenvalue weighted by Crippen LogP contribution is 2.31. The number of nitrogens with zero attached hydrogens (tertiary/aromatic N) is 3. The number of benzene rings is 1. The Morgan fingerprint density at radius 1 is 1.38 bits per heavy atom. The van der Waals surface area contributed by atoms with Crippen molar-refractivity contribution in [1.82, 2.24) is 15.1 Å². The van der Waals surface area contributed by atoms with E-state index in [0.717, 1.165) is 17.8 Å². The topological polar surface area (TPSA) is 59.4 Å². The van der Waals surface area contributed by atoms with Gasteiger partial charge in [-0.2, -0.15) is 5.10 Å². The van der Waals surface area contributed by atoms with Crippen LogP contribution in [-0.2, 0) is 11.3 Å². The van der Waals surface area contributed by atoms with Crippen LogP contribution >= 0.6 is 12.2 Å². The third kappa shape index (κ3) is 2.67. The van der Waals surface area contributed by atoms with Crippen LogP contribution in [0.15, 0.2) is 36.2 Å². The maximum atomic E-state index is 12.8. The number of para-hydroxylation sites is 2. The van der Waals surface area contributed by atoms with E-state index in [1.54, 1.807) is 31.5 Å². The summed E-state index contributed by atoms with van der Waals surface area (Å²) in [4.78, 5) is 14.2. The van der Waals surface area contributed by atoms with E-state index in [9.17, 15) is 4.79 Å². The van der Waals surface area contributed by atoms with Crippen LogP contribution < -0.4 is 15.0 Å². The summed E-state index contributed by atoms with van der Waals surface area (Å²) in [5.41, 5.74) is 2.93.